The average Bonchev–Trinajstić information content (AvgIpc) is 2.45. The van der Waals surface area contributed by atoms with Crippen LogP contribution in [0.5, 0.6) is 5.75 Å². The molecule has 4 heteroatoms. The van der Waals surface area contributed by atoms with E-state index < -0.39 is 0 Å². The van der Waals surface area contributed by atoms with E-state index in [2.05, 4.69) is 30.7 Å². The minimum absolute atomic E-state index is 0.180. The molecule has 0 heterocycles. The van der Waals surface area contributed by atoms with Gasteiger partial charge in [0.05, 0.1) is 20.8 Å². The maximum atomic E-state index is 11.2. The topological polar surface area (TPSA) is 38.8 Å². The van der Waals surface area contributed by atoms with E-state index in [0.717, 1.165) is 25.1 Å². The van der Waals surface area contributed by atoms with E-state index in [4.69, 9.17) is 4.74 Å². The van der Waals surface area contributed by atoms with Crippen LogP contribution in [-0.2, 0) is 16.0 Å². The van der Waals surface area contributed by atoms with Crippen LogP contribution in [0.3, 0.4) is 0 Å². The van der Waals surface area contributed by atoms with E-state index in [1.54, 1.807) is 7.11 Å². The molecule has 0 spiro atoms. The fourth-order valence-electron chi connectivity index (χ4n) is 2.24. The van der Waals surface area contributed by atoms with Crippen molar-refractivity contribution in [3.8, 4) is 5.75 Å². The quantitative estimate of drug-likeness (QED) is 0.691. The maximum absolute atomic E-state index is 11.2. The van der Waals surface area contributed by atoms with E-state index >= 15 is 0 Å². The van der Waals surface area contributed by atoms with Crippen molar-refractivity contribution < 1.29 is 14.3 Å². The van der Waals surface area contributed by atoms with Crippen molar-refractivity contribution in [3.05, 3.63) is 29.8 Å². The van der Waals surface area contributed by atoms with Gasteiger partial charge in [-0.3, -0.25) is 9.69 Å². The third-order valence-electron chi connectivity index (χ3n) is 3.64. The van der Waals surface area contributed by atoms with E-state index in [1.807, 2.05) is 24.1 Å². The van der Waals surface area contributed by atoms with Gasteiger partial charge in [-0.15, -0.1) is 0 Å². The van der Waals surface area contributed by atoms with Gasteiger partial charge in [0.25, 0.3) is 0 Å². The lowest BCUT2D eigenvalue weighted by Gasteiger charge is -2.27. The number of carbonyl (C=O) groups is 1. The van der Waals surface area contributed by atoms with Crippen LogP contribution in [0, 0.1) is 5.41 Å². The molecular weight excluding hydrogens is 266 g/mol. The molecule has 0 aliphatic carbocycles. The lowest BCUT2D eigenvalue weighted by atomic mass is 9.82. The molecule has 4 nitrogen and oxygen atoms in total. The Morgan fingerprint density at radius 2 is 1.81 bits per heavy atom. The number of esters is 1. The Hall–Kier alpha value is -1.55. The number of ether oxygens (including phenoxy) is 2. The number of nitrogens with zero attached hydrogens (tertiary/aromatic N) is 1. The summed E-state index contributed by atoms with van der Waals surface area (Å²) in [6.07, 6.45) is 2.02. The van der Waals surface area contributed by atoms with Gasteiger partial charge < -0.3 is 9.47 Å². The minimum Gasteiger partial charge on any atom is -0.497 e. The van der Waals surface area contributed by atoms with Crippen molar-refractivity contribution in [1.29, 1.82) is 0 Å². The first-order chi connectivity index (χ1) is 9.86. The summed E-state index contributed by atoms with van der Waals surface area (Å²) in [4.78, 5) is 13.2. The van der Waals surface area contributed by atoms with E-state index in [0.29, 0.717) is 6.54 Å². The third kappa shape index (κ3) is 6.63. The van der Waals surface area contributed by atoms with Crippen LogP contribution >= 0.6 is 0 Å². The largest absolute Gasteiger partial charge is 0.497 e. The van der Waals surface area contributed by atoms with Gasteiger partial charge in [-0.2, -0.15) is 0 Å². The molecule has 0 saturated carbocycles. The standard InChI is InChI=1S/C17H27NO3/c1-17(2,10-11-18(3)13-16(19)21-5)12-14-6-8-15(20-4)9-7-14/h6-9H,10-13H2,1-5H3. The van der Waals surface area contributed by atoms with Gasteiger partial charge in [0, 0.05) is 0 Å². The van der Waals surface area contributed by atoms with Crippen LogP contribution in [0.2, 0.25) is 0 Å². The molecule has 0 amide bonds. The highest BCUT2D eigenvalue weighted by Crippen LogP contribution is 2.27. The Morgan fingerprint density at radius 1 is 1.19 bits per heavy atom. The molecule has 0 aliphatic rings. The normalized spacial score (nSPS) is 11.5. The number of hydrogen-bond acceptors (Lipinski definition) is 4. The number of benzene rings is 1. The molecular formula is C17H27NO3. The molecule has 21 heavy (non-hydrogen) atoms. The Balaban J connectivity index is 2.46. The predicted octanol–water partition coefficient (Wildman–Crippen LogP) is 2.76. The molecule has 1 rings (SSSR count). The second-order valence-electron chi connectivity index (χ2n) is 6.25. The minimum atomic E-state index is -0.189. The van der Waals surface area contributed by atoms with Gasteiger partial charge in [-0.1, -0.05) is 26.0 Å². The summed E-state index contributed by atoms with van der Waals surface area (Å²) in [6, 6.07) is 8.21. The van der Waals surface area contributed by atoms with E-state index in [9.17, 15) is 4.79 Å². The number of rotatable bonds is 8. The molecule has 0 unspecified atom stereocenters. The predicted molar refractivity (Wildman–Crippen MR) is 84.6 cm³/mol. The van der Waals surface area contributed by atoms with Gasteiger partial charge in [-0.25, -0.2) is 0 Å². The van der Waals surface area contributed by atoms with Crippen molar-refractivity contribution >= 4 is 5.97 Å². The fourth-order valence-corrected chi connectivity index (χ4v) is 2.24. The average molecular weight is 293 g/mol. The van der Waals surface area contributed by atoms with E-state index in [-0.39, 0.29) is 11.4 Å². The Labute approximate surface area is 128 Å². The van der Waals surface area contributed by atoms with Crippen molar-refractivity contribution in [3.63, 3.8) is 0 Å². The van der Waals surface area contributed by atoms with Crippen LogP contribution in [0.25, 0.3) is 0 Å². The molecule has 0 aromatic heterocycles. The lowest BCUT2D eigenvalue weighted by molar-refractivity contribution is -0.141. The van der Waals surface area contributed by atoms with Gasteiger partial charge in [0.1, 0.15) is 5.75 Å². The van der Waals surface area contributed by atoms with Crippen LogP contribution in [0.1, 0.15) is 25.8 Å². The maximum Gasteiger partial charge on any atom is 0.319 e. The molecule has 0 N–H and O–H groups in total. The second kappa shape index (κ2) is 8.03. The Kier molecular flexibility index (Phi) is 6.69. The summed E-state index contributed by atoms with van der Waals surface area (Å²) < 4.78 is 9.85. The molecule has 1 aromatic carbocycles. The van der Waals surface area contributed by atoms with Crippen molar-refractivity contribution in [2.45, 2.75) is 26.7 Å². The molecule has 1 aromatic rings. The van der Waals surface area contributed by atoms with Crippen LogP contribution in [0.15, 0.2) is 24.3 Å². The van der Waals surface area contributed by atoms with Gasteiger partial charge in [-0.05, 0) is 49.5 Å². The summed E-state index contributed by atoms with van der Waals surface area (Å²) in [5.74, 6) is 0.694. The summed E-state index contributed by atoms with van der Waals surface area (Å²) >= 11 is 0. The second-order valence-corrected chi connectivity index (χ2v) is 6.25. The first kappa shape index (κ1) is 17.5. The number of likely N-dealkylation sites (N-methyl/N-ethyl adjacent to an activating group) is 1. The molecule has 0 atom stereocenters. The highest BCUT2D eigenvalue weighted by Gasteiger charge is 2.19. The molecule has 118 valence electrons. The molecule has 0 radical (unpaired) electrons. The monoisotopic (exact) mass is 293 g/mol. The zero-order valence-electron chi connectivity index (χ0n) is 13.8. The lowest BCUT2D eigenvalue weighted by Crippen LogP contribution is -2.31. The summed E-state index contributed by atoms with van der Waals surface area (Å²) in [6.45, 7) is 5.72. The fraction of sp³-hybridized carbons (Fsp3) is 0.588. The smallest absolute Gasteiger partial charge is 0.319 e. The first-order valence-corrected chi connectivity index (χ1v) is 7.24. The third-order valence-corrected chi connectivity index (χ3v) is 3.64. The summed E-state index contributed by atoms with van der Waals surface area (Å²) in [5, 5.41) is 0. The Bertz CT molecular complexity index is 440. The van der Waals surface area contributed by atoms with Crippen molar-refractivity contribution in [2.24, 2.45) is 5.41 Å². The molecule has 0 saturated heterocycles. The van der Waals surface area contributed by atoms with Gasteiger partial charge >= 0.3 is 5.97 Å². The van der Waals surface area contributed by atoms with Crippen LogP contribution in [0.4, 0.5) is 0 Å². The summed E-state index contributed by atoms with van der Waals surface area (Å²) in [7, 11) is 5.04. The number of methoxy groups -OCH3 is 2. The summed E-state index contributed by atoms with van der Waals surface area (Å²) in [5.41, 5.74) is 1.48. The van der Waals surface area contributed by atoms with Gasteiger partial charge in [0.15, 0.2) is 0 Å². The molecule has 0 bridgehead atoms. The zero-order valence-corrected chi connectivity index (χ0v) is 13.8. The Morgan fingerprint density at radius 3 is 2.33 bits per heavy atom. The molecule has 0 fully saturated rings. The SMILES string of the molecule is COC(=O)CN(C)CCC(C)(C)Cc1ccc(OC)cc1. The first-order valence-electron chi connectivity index (χ1n) is 7.24. The van der Waals surface area contributed by atoms with Crippen molar-refractivity contribution in [2.75, 3.05) is 34.4 Å². The highest BCUT2D eigenvalue weighted by atomic mass is 16.5. The van der Waals surface area contributed by atoms with Crippen LogP contribution in [-0.4, -0.2) is 45.2 Å². The van der Waals surface area contributed by atoms with Gasteiger partial charge in [0.2, 0.25) is 0 Å². The highest BCUT2D eigenvalue weighted by molar-refractivity contribution is 5.71. The van der Waals surface area contributed by atoms with Crippen LogP contribution < -0.4 is 4.74 Å². The molecule has 0 aliphatic heterocycles. The zero-order chi connectivity index (χ0) is 15.9. The van der Waals surface area contributed by atoms with E-state index in [1.165, 1.54) is 12.7 Å². The number of hydrogen-bond donors (Lipinski definition) is 0. The van der Waals surface area contributed by atoms with Crippen molar-refractivity contribution in [1.82, 2.24) is 4.90 Å². The number of carbonyl (C=O) groups excluding carboxylic acids is 1.